The number of rotatable bonds is 2. The second kappa shape index (κ2) is 4.42. The van der Waals surface area contributed by atoms with E-state index in [0.717, 1.165) is 19.1 Å². The van der Waals surface area contributed by atoms with Gasteiger partial charge in [0.2, 0.25) is 0 Å². The summed E-state index contributed by atoms with van der Waals surface area (Å²) in [5.41, 5.74) is 0. The smallest absolute Gasteiger partial charge is 0.0670 e. The van der Waals surface area contributed by atoms with Crippen molar-refractivity contribution in [3.05, 3.63) is 0 Å². The monoisotopic (exact) mass is 252 g/mol. The molecule has 18 heavy (non-hydrogen) atoms. The van der Waals surface area contributed by atoms with Crippen LogP contribution in [0.15, 0.2) is 0 Å². The number of aliphatic hydroxyl groups is 1. The first-order valence-electron chi connectivity index (χ1n) is 7.47. The molecule has 0 amide bonds. The Hall–Kier alpha value is -0.200. The molecule has 0 radical (unpaired) electrons. The van der Waals surface area contributed by atoms with Crippen LogP contribution in [0.3, 0.4) is 0 Å². The van der Waals surface area contributed by atoms with Crippen LogP contribution in [-0.4, -0.2) is 54.2 Å². The second-order valence-electron chi connectivity index (χ2n) is 6.34. The number of hydrogen-bond donors (Lipinski definition) is 4. The van der Waals surface area contributed by atoms with Gasteiger partial charge in [-0.2, -0.15) is 0 Å². The van der Waals surface area contributed by atoms with Crippen molar-refractivity contribution in [1.29, 1.82) is 0 Å². The lowest BCUT2D eigenvalue weighted by atomic mass is 9.93. The van der Waals surface area contributed by atoms with E-state index in [1.807, 2.05) is 0 Å². The Kier molecular flexibility index (Phi) is 2.85. The summed E-state index contributed by atoms with van der Waals surface area (Å²) in [7, 11) is 0. The predicted molar refractivity (Wildman–Crippen MR) is 68.7 cm³/mol. The van der Waals surface area contributed by atoms with Crippen LogP contribution in [0, 0.1) is 11.8 Å². The molecule has 1 saturated carbocycles. The lowest BCUT2D eigenvalue weighted by Gasteiger charge is -2.47. The highest BCUT2D eigenvalue weighted by Gasteiger charge is 2.51. The third-order valence-electron chi connectivity index (χ3n) is 5.61. The molecule has 4 aliphatic rings. The zero-order valence-corrected chi connectivity index (χ0v) is 10.8. The average molecular weight is 252 g/mol. The van der Waals surface area contributed by atoms with Gasteiger partial charge in [0.05, 0.1) is 18.9 Å². The highest BCUT2D eigenvalue weighted by molar-refractivity contribution is 5.05. The molecule has 6 atom stereocenters. The van der Waals surface area contributed by atoms with Crippen LogP contribution < -0.4 is 16.0 Å². The molecule has 102 valence electrons. The fourth-order valence-electron chi connectivity index (χ4n) is 4.84. The quantitative estimate of drug-likeness (QED) is 0.521. The van der Waals surface area contributed by atoms with Crippen LogP contribution in [0.5, 0.6) is 0 Å². The number of piperidine rings is 1. The summed E-state index contributed by atoms with van der Waals surface area (Å²) >= 11 is 0. The number of aliphatic hydroxyl groups excluding tert-OH is 1. The van der Waals surface area contributed by atoms with Crippen molar-refractivity contribution in [2.24, 2.45) is 11.8 Å². The second-order valence-corrected chi connectivity index (χ2v) is 6.34. The minimum absolute atomic E-state index is 0.331. The van der Waals surface area contributed by atoms with E-state index >= 15 is 0 Å². The number of hydrogen-bond acceptors (Lipinski definition) is 5. The van der Waals surface area contributed by atoms with E-state index in [0.29, 0.717) is 36.9 Å². The zero-order valence-electron chi connectivity index (χ0n) is 10.8. The molecular formula is C13H24N4O. The molecule has 1 aliphatic carbocycles. The van der Waals surface area contributed by atoms with Crippen molar-refractivity contribution >= 4 is 0 Å². The van der Waals surface area contributed by atoms with E-state index < -0.39 is 0 Å². The van der Waals surface area contributed by atoms with Gasteiger partial charge in [0, 0.05) is 24.7 Å². The molecule has 4 rings (SSSR count). The summed E-state index contributed by atoms with van der Waals surface area (Å²) in [6.45, 7) is 2.33. The molecule has 6 unspecified atom stereocenters. The number of nitrogens with one attached hydrogen (secondary N) is 3. The molecule has 2 bridgehead atoms. The molecule has 0 spiro atoms. The lowest BCUT2D eigenvalue weighted by Crippen LogP contribution is -2.67. The SMILES string of the molecule is OCC1C2CCC(C2)N1C1NCNC2NCCC21. The van der Waals surface area contributed by atoms with E-state index in [-0.39, 0.29) is 0 Å². The molecule has 4 fully saturated rings. The van der Waals surface area contributed by atoms with Gasteiger partial charge < -0.3 is 10.4 Å². The van der Waals surface area contributed by atoms with Crippen LogP contribution in [0.4, 0.5) is 0 Å². The largest absolute Gasteiger partial charge is 0.395 e. The van der Waals surface area contributed by atoms with Gasteiger partial charge in [0.15, 0.2) is 0 Å². The Morgan fingerprint density at radius 2 is 2.06 bits per heavy atom. The molecule has 0 aromatic rings. The Bertz CT molecular complexity index is 326. The summed E-state index contributed by atoms with van der Waals surface area (Å²) < 4.78 is 0. The third kappa shape index (κ3) is 1.58. The first-order valence-corrected chi connectivity index (χ1v) is 7.47. The van der Waals surface area contributed by atoms with Crippen LogP contribution in [0.25, 0.3) is 0 Å². The van der Waals surface area contributed by atoms with Crippen molar-refractivity contribution < 1.29 is 5.11 Å². The van der Waals surface area contributed by atoms with Crippen LogP contribution in [0.1, 0.15) is 25.7 Å². The van der Waals surface area contributed by atoms with Crippen molar-refractivity contribution in [1.82, 2.24) is 20.9 Å². The lowest BCUT2D eigenvalue weighted by molar-refractivity contribution is -0.0112. The summed E-state index contributed by atoms with van der Waals surface area (Å²) in [4.78, 5) is 2.62. The first kappa shape index (κ1) is 11.6. The standard InChI is InChI=1S/C13H24N4O/c18-6-11-8-1-2-9(5-8)17(11)13-10-3-4-14-12(10)15-7-16-13/h8-16,18H,1-7H2. The molecule has 0 aromatic carbocycles. The van der Waals surface area contributed by atoms with Crippen LogP contribution >= 0.6 is 0 Å². The van der Waals surface area contributed by atoms with E-state index in [1.165, 1.54) is 25.7 Å². The van der Waals surface area contributed by atoms with Gasteiger partial charge in [-0.25, -0.2) is 0 Å². The summed E-state index contributed by atoms with van der Waals surface area (Å²) in [6.07, 6.45) is 6.12. The Balaban J connectivity index is 1.58. The van der Waals surface area contributed by atoms with E-state index in [2.05, 4.69) is 20.9 Å². The molecule has 3 heterocycles. The predicted octanol–water partition coefficient (Wildman–Crippen LogP) is -0.756. The highest BCUT2D eigenvalue weighted by Crippen LogP contribution is 2.44. The molecular weight excluding hydrogens is 228 g/mol. The summed E-state index contributed by atoms with van der Waals surface area (Å²) in [6, 6.07) is 1.12. The van der Waals surface area contributed by atoms with Crippen molar-refractivity contribution in [2.45, 2.75) is 50.1 Å². The molecule has 5 heteroatoms. The Morgan fingerprint density at radius 3 is 2.94 bits per heavy atom. The summed E-state index contributed by atoms with van der Waals surface area (Å²) in [5, 5.41) is 20.4. The molecule has 3 saturated heterocycles. The molecule has 0 aromatic heterocycles. The maximum atomic E-state index is 9.73. The third-order valence-corrected chi connectivity index (χ3v) is 5.61. The number of likely N-dealkylation sites (tertiary alicyclic amines) is 1. The topological polar surface area (TPSA) is 59.6 Å². The van der Waals surface area contributed by atoms with Crippen LogP contribution in [0.2, 0.25) is 0 Å². The normalized spacial score (nSPS) is 51.8. The van der Waals surface area contributed by atoms with Crippen molar-refractivity contribution in [3.63, 3.8) is 0 Å². The minimum Gasteiger partial charge on any atom is -0.395 e. The van der Waals surface area contributed by atoms with Gasteiger partial charge in [-0.15, -0.1) is 0 Å². The first-order chi connectivity index (χ1) is 8.88. The van der Waals surface area contributed by atoms with Gasteiger partial charge >= 0.3 is 0 Å². The van der Waals surface area contributed by atoms with Gasteiger partial charge in [-0.3, -0.25) is 15.5 Å². The van der Waals surface area contributed by atoms with Gasteiger partial charge in [0.25, 0.3) is 0 Å². The average Bonchev–Trinajstić information content (AvgIpc) is 3.11. The van der Waals surface area contributed by atoms with Gasteiger partial charge in [0.1, 0.15) is 0 Å². The van der Waals surface area contributed by atoms with Crippen molar-refractivity contribution in [2.75, 3.05) is 19.8 Å². The fraction of sp³-hybridized carbons (Fsp3) is 1.00. The molecule has 3 aliphatic heterocycles. The minimum atomic E-state index is 0.331. The van der Waals surface area contributed by atoms with Crippen molar-refractivity contribution in [3.8, 4) is 0 Å². The maximum Gasteiger partial charge on any atom is 0.0670 e. The zero-order chi connectivity index (χ0) is 12.1. The van der Waals surface area contributed by atoms with Gasteiger partial charge in [-0.05, 0) is 38.1 Å². The molecule has 4 N–H and O–H groups in total. The fourth-order valence-corrected chi connectivity index (χ4v) is 4.84. The van der Waals surface area contributed by atoms with Gasteiger partial charge in [-0.1, -0.05) is 0 Å². The highest BCUT2D eigenvalue weighted by atomic mass is 16.3. The Morgan fingerprint density at radius 1 is 1.11 bits per heavy atom. The van der Waals surface area contributed by atoms with E-state index in [1.54, 1.807) is 0 Å². The van der Waals surface area contributed by atoms with E-state index in [9.17, 15) is 5.11 Å². The number of fused-ring (bicyclic) bond motifs is 3. The van der Waals surface area contributed by atoms with Crippen LogP contribution in [-0.2, 0) is 0 Å². The molecule has 5 nitrogen and oxygen atoms in total. The van der Waals surface area contributed by atoms with E-state index in [4.69, 9.17) is 0 Å². The maximum absolute atomic E-state index is 9.73. The number of nitrogens with zero attached hydrogens (tertiary/aromatic N) is 1. The summed E-state index contributed by atoms with van der Waals surface area (Å²) in [5.74, 6) is 1.39. The Labute approximate surface area is 108 Å².